The van der Waals surface area contributed by atoms with E-state index >= 15 is 0 Å². The summed E-state index contributed by atoms with van der Waals surface area (Å²) < 4.78 is 16.3. The Labute approximate surface area is 237 Å². The molecule has 2 atom stereocenters. The number of ether oxygens (including phenoxy) is 3. The number of nitrogens with one attached hydrogen (secondary N) is 3. The number of nitrogens with zero attached hydrogens (tertiary/aromatic N) is 2. The monoisotopic (exact) mass is 561 g/mol. The molecule has 40 heavy (non-hydrogen) atoms. The third kappa shape index (κ3) is 12.4. The molecule has 12 heteroatoms. The predicted octanol–water partition coefficient (Wildman–Crippen LogP) is 2.92. The number of hydrogen-bond acceptors (Lipinski definition) is 9. The highest BCUT2D eigenvalue weighted by Crippen LogP contribution is 2.23. The van der Waals surface area contributed by atoms with Crippen LogP contribution in [0, 0.1) is 5.41 Å². The van der Waals surface area contributed by atoms with Crippen molar-refractivity contribution in [2.24, 2.45) is 16.5 Å². The van der Waals surface area contributed by atoms with Crippen LogP contribution < -0.4 is 22.1 Å². The number of amides is 2. The molecular weight excluding hydrogens is 514 g/mol. The molecule has 1 aliphatic rings. The van der Waals surface area contributed by atoms with E-state index in [2.05, 4.69) is 20.6 Å². The summed E-state index contributed by atoms with van der Waals surface area (Å²) in [6.45, 7) is 8.04. The van der Waals surface area contributed by atoms with Crippen LogP contribution in [-0.2, 0) is 19.0 Å². The zero-order valence-electron chi connectivity index (χ0n) is 24.1. The van der Waals surface area contributed by atoms with E-state index in [4.69, 9.17) is 31.1 Å². The van der Waals surface area contributed by atoms with E-state index in [0.29, 0.717) is 63.6 Å². The highest BCUT2D eigenvalue weighted by atomic mass is 16.7. The lowest BCUT2D eigenvalue weighted by molar-refractivity contribution is -0.123. The molecule has 0 radical (unpaired) electrons. The lowest BCUT2D eigenvalue weighted by atomic mass is 10.0. The maximum Gasteiger partial charge on any atom is 0.408 e. The van der Waals surface area contributed by atoms with Crippen LogP contribution in [0.3, 0.4) is 0 Å². The lowest BCUT2D eigenvalue weighted by Crippen LogP contribution is -2.48. The zero-order chi connectivity index (χ0) is 29.4. The molecule has 1 aromatic rings. The number of pyridine rings is 1. The second-order valence-corrected chi connectivity index (χ2v) is 10.7. The van der Waals surface area contributed by atoms with Crippen LogP contribution in [0.1, 0.15) is 89.2 Å². The predicted molar refractivity (Wildman–Crippen MR) is 154 cm³/mol. The van der Waals surface area contributed by atoms with Crippen molar-refractivity contribution in [1.29, 1.82) is 5.41 Å². The van der Waals surface area contributed by atoms with E-state index in [9.17, 15) is 9.59 Å². The van der Waals surface area contributed by atoms with Crippen molar-refractivity contribution in [2.75, 3.05) is 32.8 Å². The second-order valence-electron chi connectivity index (χ2n) is 10.7. The van der Waals surface area contributed by atoms with Crippen molar-refractivity contribution in [3.05, 3.63) is 29.6 Å². The number of carbonyl (C=O) groups is 2. The largest absolute Gasteiger partial charge is 0.444 e. The lowest BCUT2D eigenvalue weighted by Gasteiger charge is -2.23. The minimum absolute atomic E-state index is 0.237. The van der Waals surface area contributed by atoms with Gasteiger partial charge in [-0.15, -0.1) is 0 Å². The minimum atomic E-state index is -0.718. The van der Waals surface area contributed by atoms with E-state index in [1.165, 1.54) is 6.21 Å². The maximum atomic E-state index is 12.8. The second kappa shape index (κ2) is 17.6. The Kier molecular flexibility index (Phi) is 14.5. The highest BCUT2D eigenvalue weighted by Gasteiger charge is 2.24. The van der Waals surface area contributed by atoms with Crippen molar-refractivity contribution < 1.29 is 23.8 Å². The fraction of sp³-hybridized carbons (Fsp3) is 0.679. The molecule has 2 heterocycles. The van der Waals surface area contributed by atoms with Gasteiger partial charge in [-0.25, -0.2) is 4.79 Å². The molecule has 12 nitrogen and oxygen atoms in total. The number of unbranched alkanes of at least 4 members (excludes halogenated alkanes) is 4. The third-order valence-electron chi connectivity index (χ3n) is 6.14. The van der Waals surface area contributed by atoms with Crippen molar-refractivity contribution >= 4 is 24.1 Å². The molecule has 0 aliphatic carbocycles. The summed E-state index contributed by atoms with van der Waals surface area (Å²) in [5, 5.41) is 13.4. The molecule has 7 N–H and O–H groups in total. The van der Waals surface area contributed by atoms with Gasteiger partial charge in [-0.1, -0.05) is 18.9 Å². The van der Waals surface area contributed by atoms with Gasteiger partial charge in [0.05, 0.1) is 24.8 Å². The van der Waals surface area contributed by atoms with E-state index in [1.807, 2.05) is 6.07 Å². The summed E-state index contributed by atoms with van der Waals surface area (Å²) in [6, 6.07) is 2.93. The number of aromatic nitrogens is 1. The van der Waals surface area contributed by atoms with Crippen LogP contribution >= 0.6 is 0 Å². The zero-order valence-corrected chi connectivity index (χ0v) is 24.1. The number of nitrogens with two attached hydrogens (primary N) is 2. The van der Waals surface area contributed by atoms with Crippen molar-refractivity contribution in [1.82, 2.24) is 15.6 Å². The number of carbonyl (C=O) groups excluding carboxylic acids is 2. The highest BCUT2D eigenvalue weighted by molar-refractivity contribution is 6.00. The van der Waals surface area contributed by atoms with Gasteiger partial charge in [0.2, 0.25) is 5.91 Å². The average molecular weight is 562 g/mol. The summed E-state index contributed by atoms with van der Waals surface area (Å²) in [6.07, 6.45) is 7.38. The molecule has 1 fully saturated rings. The number of hydrogen-bond donors (Lipinski definition) is 5. The van der Waals surface area contributed by atoms with Crippen molar-refractivity contribution in [3.8, 4) is 0 Å². The van der Waals surface area contributed by atoms with Gasteiger partial charge in [0.25, 0.3) is 0 Å². The standard InChI is InChI=1S/C28H47N7O5/c1-28(2,3)40-27(37)35-23(25(36)33-15-8-5-4-7-13-29)10-6-9-14-32-24(31)21(18-30)22-12-11-20(19-34-22)26-38-16-17-39-26/h11-12,18-19,21,23,26,30H,4-10,13-17,29H2,1-3H3,(H2,31,32)(H,33,36)(H,35,37). The average Bonchev–Trinajstić information content (AvgIpc) is 3.44. The third-order valence-corrected chi connectivity index (χ3v) is 6.14. The van der Waals surface area contributed by atoms with Crippen molar-refractivity contribution in [3.63, 3.8) is 0 Å². The van der Waals surface area contributed by atoms with Gasteiger partial charge >= 0.3 is 6.09 Å². The van der Waals surface area contributed by atoms with Gasteiger partial charge in [-0.2, -0.15) is 0 Å². The maximum absolute atomic E-state index is 12.8. The smallest absolute Gasteiger partial charge is 0.408 e. The molecule has 1 aromatic heterocycles. The quantitative estimate of drug-likeness (QED) is 0.109. The first-order valence-electron chi connectivity index (χ1n) is 14.1. The molecule has 0 saturated carbocycles. The summed E-state index contributed by atoms with van der Waals surface area (Å²) in [5.74, 6) is -0.490. The molecular formula is C28H47N7O5. The number of rotatable bonds is 17. The molecule has 0 bridgehead atoms. The Bertz CT molecular complexity index is 943. The Hall–Kier alpha value is -3.09. The summed E-state index contributed by atoms with van der Waals surface area (Å²) in [4.78, 5) is 34.0. The van der Waals surface area contributed by atoms with Gasteiger partial charge < -0.3 is 41.7 Å². The van der Waals surface area contributed by atoms with Crippen LogP contribution in [0.4, 0.5) is 4.79 Å². The number of alkyl carbamates (subject to hydrolysis) is 1. The van der Waals surface area contributed by atoms with Crippen LogP contribution in [0.15, 0.2) is 23.3 Å². The first kappa shape index (κ1) is 33.1. The van der Waals surface area contributed by atoms with E-state index in [1.54, 1.807) is 33.0 Å². The molecule has 2 amide bonds. The Morgan fingerprint density at radius 2 is 1.90 bits per heavy atom. The Morgan fingerprint density at radius 1 is 1.18 bits per heavy atom. The molecule has 224 valence electrons. The fourth-order valence-electron chi connectivity index (χ4n) is 4.06. The normalized spacial score (nSPS) is 15.8. The molecule has 2 unspecified atom stereocenters. The first-order valence-corrected chi connectivity index (χ1v) is 14.1. The minimum Gasteiger partial charge on any atom is -0.444 e. The van der Waals surface area contributed by atoms with Crippen LogP contribution in [-0.4, -0.2) is 73.5 Å². The van der Waals surface area contributed by atoms with Crippen LogP contribution in [0.25, 0.3) is 0 Å². The Balaban J connectivity index is 1.86. The Morgan fingerprint density at radius 3 is 2.52 bits per heavy atom. The van der Waals surface area contributed by atoms with Crippen LogP contribution in [0.2, 0.25) is 0 Å². The topological polar surface area (TPSA) is 187 Å². The number of aliphatic imine (C=N–C) groups is 1. The van der Waals surface area contributed by atoms with Crippen molar-refractivity contribution in [2.45, 2.75) is 89.6 Å². The van der Waals surface area contributed by atoms with E-state index in [-0.39, 0.29) is 5.91 Å². The van der Waals surface area contributed by atoms with Gasteiger partial charge in [-0.05, 0) is 65.5 Å². The summed E-state index contributed by atoms with van der Waals surface area (Å²) in [7, 11) is 0. The molecule has 0 aromatic carbocycles. The van der Waals surface area contributed by atoms with Crippen LogP contribution in [0.5, 0.6) is 0 Å². The molecule has 0 spiro atoms. The van der Waals surface area contributed by atoms with Gasteiger partial charge in [-0.3, -0.25) is 14.8 Å². The summed E-state index contributed by atoms with van der Waals surface area (Å²) in [5.41, 5.74) is 12.5. The molecule has 1 aliphatic heterocycles. The SMILES string of the molecule is CC(C)(C)OC(=O)NC(CCCCN=C(N)C(C=N)c1ccc(C2OCCO2)cn1)C(=O)NCCCCCCN. The number of amidine groups is 1. The van der Waals surface area contributed by atoms with Gasteiger partial charge in [0.15, 0.2) is 6.29 Å². The van der Waals surface area contributed by atoms with Gasteiger partial charge in [0, 0.05) is 31.1 Å². The molecule has 2 rings (SSSR count). The summed E-state index contributed by atoms with van der Waals surface area (Å²) >= 11 is 0. The fourth-order valence-corrected chi connectivity index (χ4v) is 4.06. The van der Waals surface area contributed by atoms with Gasteiger partial charge in [0.1, 0.15) is 17.5 Å². The van der Waals surface area contributed by atoms with E-state index in [0.717, 1.165) is 31.2 Å². The van der Waals surface area contributed by atoms with E-state index < -0.39 is 29.9 Å². The molecule has 1 saturated heterocycles. The first-order chi connectivity index (χ1) is 19.1.